The fourth-order valence-electron chi connectivity index (χ4n) is 1.21. The fourth-order valence-corrected chi connectivity index (χ4v) is 1.21. The maximum atomic E-state index is 4.33. The van der Waals surface area contributed by atoms with Gasteiger partial charge in [0.05, 0.1) is 5.21 Å². The summed E-state index contributed by atoms with van der Waals surface area (Å²) < 4.78 is 3.76. The molecule has 0 unspecified atom stereocenters. The molecular formula is C10H12N3+. The molecule has 13 heavy (non-hydrogen) atoms. The van der Waals surface area contributed by atoms with E-state index in [4.69, 9.17) is 0 Å². The molecule has 2 aromatic rings. The fraction of sp³-hybridized carbons (Fsp3) is 0.200. The van der Waals surface area contributed by atoms with Crippen molar-refractivity contribution in [3.05, 3.63) is 42.7 Å². The van der Waals surface area contributed by atoms with Crippen molar-refractivity contribution in [2.75, 3.05) is 0 Å². The van der Waals surface area contributed by atoms with Crippen LogP contribution in [0.1, 0.15) is 6.92 Å². The third-order valence-corrected chi connectivity index (χ3v) is 1.94. The van der Waals surface area contributed by atoms with Crippen LogP contribution in [-0.2, 0) is 6.54 Å². The zero-order valence-corrected chi connectivity index (χ0v) is 7.59. The van der Waals surface area contributed by atoms with Gasteiger partial charge in [0.15, 0.2) is 18.1 Å². The summed E-state index contributed by atoms with van der Waals surface area (Å²) in [4.78, 5) is 0. The van der Waals surface area contributed by atoms with E-state index in [1.165, 1.54) is 0 Å². The minimum Gasteiger partial charge on any atom is -0.137 e. The highest BCUT2D eigenvalue weighted by Crippen LogP contribution is 2.02. The average molecular weight is 174 g/mol. The van der Waals surface area contributed by atoms with Crippen LogP contribution in [0.4, 0.5) is 0 Å². The number of hydrogen-bond donors (Lipinski definition) is 0. The van der Waals surface area contributed by atoms with Gasteiger partial charge in [0.25, 0.3) is 0 Å². The van der Waals surface area contributed by atoms with Gasteiger partial charge >= 0.3 is 0 Å². The van der Waals surface area contributed by atoms with Gasteiger partial charge in [-0.05, 0) is 19.1 Å². The minimum atomic E-state index is 0.903. The van der Waals surface area contributed by atoms with Crippen LogP contribution >= 0.6 is 0 Å². The molecule has 1 aromatic carbocycles. The van der Waals surface area contributed by atoms with Gasteiger partial charge in [-0.2, -0.15) is 0 Å². The van der Waals surface area contributed by atoms with E-state index in [9.17, 15) is 0 Å². The highest BCUT2D eigenvalue weighted by atomic mass is 15.5. The van der Waals surface area contributed by atoms with E-state index in [2.05, 4.69) is 12.1 Å². The molecule has 0 radical (unpaired) electrons. The molecule has 0 spiro atoms. The van der Waals surface area contributed by atoms with Gasteiger partial charge < -0.3 is 0 Å². The third kappa shape index (κ3) is 1.59. The maximum absolute atomic E-state index is 4.33. The van der Waals surface area contributed by atoms with Gasteiger partial charge in [-0.25, -0.2) is 0 Å². The van der Waals surface area contributed by atoms with Crippen molar-refractivity contribution < 1.29 is 4.68 Å². The molecule has 0 aliphatic rings. The molecule has 0 N–H and O–H groups in total. The van der Waals surface area contributed by atoms with Gasteiger partial charge in [-0.15, -0.1) is 9.36 Å². The lowest BCUT2D eigenvalue weighted by molar-refractivity contribution is -0.751. The molecule has 0 amide bonds. The van der Waals surface area contributed by atoms with Crippen molar-refractivity contribution >= 4 is 0 Å². The first-order valence-electron chi connectivity index (χ1n) is 4.41. The third-order valence-electron chi connectivity index (χ3n) is 1.94. The van der Waals surface area contributed by atoms with Crippen LogP contribution < -0.4 is 4.68 Å². The first-order valence-corrected chi connectivity index (χ1v) is 4.41. The molecule has 0 saturated heterocycles. The Labute approximate surface area is 77.2 Å². The quantitative estimate of drug-likeness (QED) is 0.626. The smallest absolute Gasteiger partial charge is 0.137 e. The molecule has 1 aromatic heterocycles. The van der Waals surface area contributed by atoms with Gasteiger partial charge in [0.2, 0.25) is 0 Å². The van der Waals surface area contributed by atoms with E-state index < -0.39 is 0 Å². The number of aromatic nitrogens is 3. The van der Waals surface area contributed by atoms with E-state index in [1.54, 1.807) is 0 Å². The van der Waals surface area contributed by atoms with Crippen LogP contribution in [0.3, 0.4) is 0 Å². The lowest BCUT2D eigenvalue weighted by Gasteiger charge is -1.90. The van der Waals surface area contributed by atoms with Crippen LogP contribution in [0, 0.1) is 0 Å². The standard InChI is InChI=1S/C10H12N3/c1-2-12-8-9-13(11-12)10-6-4-3-5-7-10/h3-9H,2H2,1H3/q+1. The summed E-state index contributed by atoms with van der Waals surface area (Å²) in [7, 11) is 0. The minimum absolute atomic E-state index is 0.903. The molecule has 3 nitrogen and oxygen atoms in total. The Morgan fingerprint density at radius 2 is 2.08 bits per heavy atom. The Hall–Kier alpha value is -1.64. The molecule has 0 fully saturated rings. The molecule has 0 saturated carbocycles. The van der Waals surface area contributed by atoms with Gasteiger partial charge in [-0.1, -0.05) is 18.2 Å². The Bertz CT molecular complexity index is 378. The molecule has 0 bridgehead atoms. The highest BCUT2D eigenvalue weighted by molar-refractivity contribution is 5.28. The van der Waals surface area contributed by atoms with Crippen LogP contribution in [-0.4, -0.2) is 9.90 Å². The van der Waals surface area contributed by atoms with Crippen molar-refractivity contribution in [1.29, 1.82) is 0 Å². The van der Waals surface area contributed by atoms with Crippen molar-refractivity contribution in [3.63, 3.8) is 0 Å². The molecule has 0 aliphatic carbocycles. The number of aryl methyl sites for hydroxylation is 1. The monoisotopic (exact) mass is 174 g/mol. The van der Waals surface area contributed by atoms with Crippen molar-refractivity contribution in [3.8, 4) is 5.69 Å². The summed E-state index contributed by atoms with van der Waals surface area (Å²) in [6.07, 6.45) is 3.92. The normalized spacial score (nSPS) is 10.2. The molecule has 2 rings (SSSR count). The van der Waals surface area contributed by atoms with Crippen molar-refractivity contribution in [2.24, 2.45) is 0 Å². The molecule has 0 aliphatic heterocycles. The largest absolute Gasteiger partial charge is 0.161 e. The van der Waals surface area contributed by atoms with E-state index in [-0.39, 0.29) is 0 Å². The Morgan fingerprint density at radius 3 is 2.69 bits per heavy atom. The van der Waals surface area contributed by atoms with Gasteiger partial charge in [0, 0.05) is 0 Å². The number of rotatable bonds is 2. The summed E-state index contributed by atoms with van der Waals surface area (Å²) >= 11 is 0. The first-order chi connectivity index (χ1) is 6.40. The number of hydrogen-bond acceptors (Lipinski definition) is 1. The van der Waals surface area contributed by atoms with Crippen molar-refractivity contribution in [2.45, 2.75) is 13.5 Å². The second-order valence-electron chi connectivity index (χ2n) is 2.82. The van der Waals surface area contributed by atoms with E-state index >= 15 is 0 Å². The molecule has 3 heteroatoms. The van der Waals surface area contributed by atoms with Crippen LogP contribution in [0.15, 0.2) is 42.7 Å². The lowest BCUT2D eigenvalue weighted by atomic mass is 10.3. The molecule has 0 atom stereocenters. The predicted molar refractivity (Wildman–Crippen MR) is 49.4 cm³/mol. The maximum Gasteiger partial charge on any atom is 0.161 e. The Balaban J connectivity index is 2.36. The number of para-hydroxylation sites is 1. The molecule has 1 heterocycles. The Kier molecular flexibility index (Phi) is 2.08. The summed E-state index contributed by atoms with van der Waals surface area (Å²) in [5.74, 6) is 0. The topological polar surface area (TPSA) is 21.7 Å². The summed E-state index contributed by atoms with van der Waals surface area (Å²) in [6.45, 7) is 2.97. The second-order valence-corrected chi connectivity index (χ2v) is 2.82. The number of benzene rings is 1. The van der Waals surface area contributed by atoms with E-state index in [0.717, 1.165) is 12.2 Å². The van der Waals surface area contributed by atoms with Gasteiger partial charge in [-0.3, -0.25) is 0 Å². The van der Waals surface area contributed by atoms with E-state index in [1.807, 2.05) is 52.1 Å². The Morgan fingerprint density at radius 1 is 1.31 bits per heavy atom. The highest BCUT2D eigenvalue weighted by Gasteiger charge is 2.05. The zero-order valence-electron chi connectivity index (χ0n) is 7.59. The number of nitrogens with zero attached hydrogens (tertiary/aromatic N) is 3. The first kappa shape index (κ1) is 7.98. The van der Waals surface area contributed by atoms with Crippen LogP contribution in [0.5, 0.6) is 0 Å². The van der Waals surface area contributed by atoms with Crippen LogP contribution in [0.25, 0.3) is 5.69 Å². The summed E-state index contributed by atoms with van der Waals surface area (Å²) in [5.41, 5.74) is 1.09. The average Bonchev–Trinajstić information content (AvgIpc) is 2.67. The van der Waals surface area contributed by atoms with Crippen LogP contribution in [0.2, 0.25) is 0 Å². The summed E-state index contributed by atoms with van der Waals surface area (Å²) in [6, 6.07) is 10.1. The predicted octanol–water partition coefficient (Wildman–Crippen LogP) is 1.18. The molecule has 66 valence electrons. The van der Waals surface area contributed by atoms with Crippen molar-refractivity contribution in [1.82, 2.24) is 9.90 Å². The molecular weight excluding hydrogens is 162 g/mol. The lowest BCUT2D eigenvalue weighted by Crippen LogP contribution is -2.34. The second kappa shape index (κ2) is 3.39. The SMILES string of the molecule is CC[n+]1ccn(-c2ccccc2)n1. The van der Waals surface area contributed by atoms with Gasteiger partial charge in [0.1, 0.15) is 6.54 Å². The summed E-state index contributed by atoms with van der Waals surface area (Å²) in [5, 5.41) is 4.33. The zero-order chi connectivity index (χ0) is 9.10. The van der Waals surface area contributed by atoms with E-state index in [0.29, 0.717) is 0 Å².